The highest BCUT2D eigenvalue weighted by Gasteiger charge is 2.14. The minimum absolute atomic E-state index is 0.0112. The van der Waals surface area contributed by atoms with E-state index in [-0.39, 0.29) is 22.8 Å². The average Bonchev–Trinajstić information content (AvgIpc) is 2.52. The molecule has 0 atom stereocenters. The number of hydrogen-bond donors (Lipinski definition) is 1. The molecule has 1 N–H and O–H groups in total. The van der Waals surface area contributed by atoms with Crippen molar-refractivity contribution in [3.8, 4) is 11.1 Å². The van der Waals surface area contributed by atoms with Crippen molar-refractivity contribution in [3.63, 3.8) is 0 Å². The van der Waals surface area contributed by atoms with Gasteiger partial charge in [0.15, 0.2) is 9.84 Å². The maximum Gasteiger partial charge on any atom is 0.178 e. The summed E-state index contributed by atoms with van der Waals surface area (Å²) in [4.78, 5) is 0.174. The first-order valence-electron chi connectivity index (χ1n) is 7.33. The molecule has 0 unspecified atom stereocenters. The smallest absolute Gasteiger partial charge is 0.178 e. The second-order valence-corrected chi connectivity index (χ2v) is 7.36. The van der Waals surface area contributed by atoms with E-state index < -0.39 is 21.5 Å². The molecule has 6 heteroatoms. The molecule has 0 heterocycles. The van der Waals surface area contributed by atoms with E-state index in [1.807, 2.05) is 0 Å². The molecule has 0 saturated carbocycles. The highest BCUT2D eigenvalue weighted by molar-refractivity contribution is 7.91. The molecule has 0 aliphatic heterocycles. The Morgan fingerprint density at radius 1 is 0.913 bits per heavy atom. The molecule has 0 aliphatic carbocycles. The van der Waals surface area contributed by atoms with Gasteiger partial charge in [-0.1, -0.05) is 18.6 Å². The van der Waals surface area contributed by atoms with Crippen molar-refractivity contribution in [1.29, 1.82) is 0 Å². The maximum atomic E-state index is 13.7. The van der Waals surface area contributed by atoms with Crippen LogP contribution in [0.2, 0.25) is 0 Å². The molecule has 2 rings (SSSR count). The number of aliphatic hydroxyl groups excluding tert-OH is 1. The largest absolute Gasteiger partial charge is 0.396 e. The zero-order chi connectivity index (χ0) is 16.9. The molecular formula is C17H18F2O3S. The van der Waals surface area contributed by atoms with Gasteiger partial charge in [-0.15, -0.1) is 0 Å². The minimum Gasteiger partial charge on any atom is -0.396 e. The molecule has 2 aromatic rings. The fourth-order valence-corrected chi connectivity index (χ4v) is 3.63. The van der Waals surface area contributed by atoms with Crippen LogP contribution in [0.5, 0.6) is 0 Å². The van der Waals surface area contributed by atoms with Gasteiger partial charge in [-0.2, -0.15) is 0 Å². The zero-order valence-corrected chi connectivity index (χ0v) is 13.3. The highest BCUT2D eigenvalue weighted by atomic mass is 32.2. The lowest BCUT2D eigenvalue weighted by Crippen LogP contribution is -2.07. The average molecular weight is 340 g/mol. The Hall–Kier alpha value is -1.79. The standard InChI is InChI=1S/C17H18F2O3S/c18-14-6-9-16(17(19)12-14)13-4-7-15(8-5-13)23(21,22)11-3-1-2-10-20/h4-9,12,20H,1-3,10-11H2. The lowest BCUT2D eigenvalue weighted by Gasteiger charge is -2.07. The Bertz CT molecular complexity index is 756. The molecule has 2 aromatic carbocycles. The van der Waals surface area contributed by atoms with Crippen LogP contribution < -0.4 is 0 Å². The Kier molecular flexibility index (Phi) is 5.85. The topological polar surface area (TPSA) is 54.4 Å². The lowest BCUT2D eigenvalue weighted by molar-refractivity contribution is 0.284. The van der Waals surface area contributed by atoms with Crippen LogP contribution in [0.4, 0.5) is 8.78 Å². The molecule has 0 fully saturated rings. The van der Waals surface area contributed by atoms with Crippen LogP contribution in [0, 0.1) is 11.6 Å². The van der Waals surface area contributed by atoms with E-state index in [9.17, 15) is 17.2 Å². The molecule has 0 bridgehead atoms. The molecular weight excluding hydrogens is 322 g/mol. The second kappa shape index (κ2) is 7.66. The summed E-state index contributed by atoms with van der Waals surface area (Å²) in [6.07, 6.45) is 1.71. The monoisotopic (exact) mass is 340 g/mol. The maximum absolute atomic E-state index is 13.7. The highest BCUT2D eigenvalue weighted by Crippen LogP contribution is 2.25. The van der Waals surface area contributed by atoms with E-state index in [4.69, 9.17) is 5.11 Å². The third-order valence-electron chi connectivity index (χ3n) is 3.53. The fourth-order valence-electron chi connectivity index (χ4n) is 2.26. The van der Waals surface area contributed by atoms with Crippen LogP contribution in [0.1, 0.15) is 19.3 Å². The van der Waals surface area contributed by atoms with E-state index >= 15 is 0 Å². The fraction of sp³-hybridized carbons (Fsp3) is 0.294. The van der Waals surface area contributed by atoms with Crippen molar-refractivity contribution >= 4 is 9.84 Å². The van der Waals surface area contributed by atoms with Crippen LogP contribution in [-0.2, 0) is 9.84 Å². The summed E-state index contributed by atoms with van der Waals surface area (Å²) in [5.41, 5.74) is 0.708. The first-order valence-corrected chi connectivity index (χ1v) is 8.98. The quantitative estimate of drug-likeness (QED) is 0.784. The summed E-state index contributed by atoms with van der Waals surface area (Å²) in [5.74, 6) is -1.34. The van der Waals surface area contributed by atoms with Crippen molar-refractivity contribution in [1.82, 2.24) is 0 Å². The zero-order valence-electron chi connectivity index (χ0n) is 12.5. The Labute approximate surface area is 134 Å². The van der Waals surface area contributed by atoms with Crippen molar-refractivity contribution < 1.29 is 22.3 Å². The number of halogens is 2. The van der Waals surface area contributed by atoms with Gasteiger partial charge in [0, 0.05) is 18.2 Å². The van der Waals surface area contributed by atoms with Crippen LogP contribution in [-0.4, -0.2) is 25.9 Å². The van der Waals surface area contributed by atoms with E-state index in [1.165, 1.54) is 30.3 Å². The minimum atomic E-state index is -3.39. The Morgan fingerprint density at radius 3 is 2.22 bits per heavy atom. The van der Waals surface area contributed by atoms with Crippen LogP contribution in [0.15, 0.2) is 47.4 Å². The van der Waals surface area contributed by atoms with Crippen LogP contribution in [0.25, 0.3) is 11.1 Å². The summed E-state index contributed by atoms with van der Waals surface area (Å²) < 4.78 is 51.0. The van der Waals surface area contributed by atoms with Crippen molar-refractivity contribution in [2.75, 3.05) is 12.4 Å². The van der Waals surface area contributed by atoms with Crippen LogP contribution in [0.3, 0.4) is 0 Å². The second-order valence-electron chi connectivity index (χ2n) is 5.25. The molecule has 0 aromatic heterocycles. The number of hydrogen-bond acceptors (Lipinski definition) is 3. The van der Waals surface area contributed by atoms with E-state index in [0.717, 1.165) is 12.1 Å². The molecule has 124 valence electrons. The predicted molar refractivity (Wildman–Crippen MR) is 84.8 cm³/mol. The van der Waals surface area contributed by atoms with Crippen molar-refractivity contribution in [2.24, 2.45) is 0 Å². The Balaban J connectivity index is 2.15. The number of sulfone groups is 1. The van der Waals surface area contributed by atoms with Gasteiger partial charge in [-0.25, -0.2) is 17.2 Å². The van der Waals surface area contributed by atoms with Gasteiger partial charge < -0.3 is 5.11 Å². The normalized spacial score (nSPS) is 11.6. The SMILES string of the molecule is O=S(=O)(CCCCCO)c1ccc(-c2ccc(F)cc2F)cc1. The summed E-state index contributed by atoms with van der Waals surface area (Å²) in [6, 6.07) is 9.15. The summed E-state index contributed by atoms with van der Waals surface area (Å²) in [6.45, 7) is 0.0536. The van der Waals surface area contributed by atoms with E-state index in [1.54, 1.807) is 0 Å². The van der Waals surface area contributed by atoms with Gasteiger partial charge in [-0.3, -0.25) is 0 Å². The van der Waals surface area contributed by atoms with Gasteiger partial charge in [0.25, 0.3) is 0 Å². The molecule has 23 heavy (non-hydrogen) atoms. The lowest BCUT2D eigenvalue weighted by atomic mass is 10.1. The first kappa shape index (κ1) is 17.6. The van der Waals surface area contributed by atoms with E-state index in [2.05, 4.69) is 0 Å². The van der Waals surface area contributed by atoms with Gasteiger partial charge in [-0.05, 0) is 42.7 Å². The van der Waals surface area contributed by atoms with Gasteiger partial charge in [0.05, 0.1) is 10.6 Å². The van der Waals surface area contributed by atoms with Crippen LogP contribution >= 0.6 is 0 Å². The summed E-state index contributed by atoms with van der Waals surface area (Å²) in [5, 5.41) is 8.69. The molecule has 0 saturated heterocycles. The van der Waals surface area contributed by atoms with Gasteiger partial charge >= 0.3 is 0 Å². The molecule has 0 aliphatic rings. The molecule has 3 nitrogen and oxygen atoms in total. The predicted octanol–water partition coefficient (Wildman–Crippen LogP) is 3.57. The van der Waals surface area contributed by atoms with E-state index in [0.29, 0.717) is 24.8 Å². The molecule has 0 radical (unpaired) electrons. The number of benzene rings is 2. The third kappa shape index (κ3) is 4.59. The molecule has 0 amide bonds. The first-order chi connectivity index (χ1) is 10.9. The Morgan fingerprint density at radius 2 is 1.61 bits per heavy atom. The third-order valence-corrected chi connectivity index (χ3v) is 5.34. The van der Waals surface area contributed by atoms with Crippen molar-refractivity contribution in [3.05, 3.63) is 54.1 Å². The number of unbranched alkanes of at least 4 members (excludes halogenated alkanes) is 2. The summed E-state index contributed by atoms with van der Waals surface area (Å²) in [7, 11) is -3.39. The number of rotatable bonds is 7. The summed E-state index contributed by atoms with van der Waals surface area (Å²) >= 11 is 0. The van der Waals surface area contributed by atoms with Crippen molar-refractivity contribution in [2.45, 2.75) is 24.2 Å². The molecule has 0 spiro atoms. The van der Waals surface area contributed by atoms with Gasteiger partial charge in [0.2, 0.25) is 0 Å². The number of aliphatic hydroxyl groups is 1. The van der Waals surface area contributed by atoms with Gasteiger partial charge in [0.1, 0.15) is 11.6 Å².